The van der Waals surface area contributed by atoms with Gasteiger partial charge in [0.25, 0.3) is 0 Å². The van der Waals surface area contributed by atoms with Crippen LogP contribution in [-0.4, -0.2) is 32.2 Å². The normalized spacial score (nSPS) is 48.3. The summed E-state index contributed by atoms with van der Waals surface area (Å²) in [6.45, 7) is 6.94. The lowest BCUT2D eigenvalue weighted by atomic mass is 9.45. The smallest absolute Gasteiger partial charge is 0.0809 e. The minimum atomic E-state index is -0.327. The first-order valence-corrected chi connectivity index (χ1v) is 11.8. The molecule has 0 bridgehead atoms. The number of hydrogen-bond donors (Lipinski definition) is 2. The van der Waals surface area contributed by atoms with Gasteiger partial charge in [-0.05, 0) is 99.0 Å². The number of aromatic nitrogens is 2. The number of fused-ring (bicyclic) bond motifs is 5. The highest BCUT2D eigenvalue weighted by molar-refractivity contribution is 5.56. The summed E-state index contributed by atoms with van der Waals surface area (Å²) in [7, 11) is 1.96. The summed E-state index contributed by atoms with van der Waals surface area (Å²) in [5.74, 6) is 2.76. The second-order valence-corrected chi connectivity index (χ2v) is 11.3. The maximum Gasteiger partial charge on any atom is 0.0809 e. The van der Waals surface area contributed by atoms with Gasteiger partial charge < -0.3 is 10.2 Å². The first-order valence-electron chi connectivity index (χ1n) is 11.8. The van der Waals surface area contributed by atoms with Gasteiger partial charge in [-0.3, -0.25) is 4.68 Å². The van der Waals surface area contributed by atoms with E-state index < -0.39 is 0 Å². The van der Waals surface area contributed by atoms with Gasteiger partial charge in [0.2, 0.25) is 0 Å². The summed E-state index contributed by atoms with van der Waals surface area (Å²) < 4.78 is 1.87. The highest BCUT2D eigenvalue weighted by Gasteiger charge is 2.61. The molecule has 4 heteroatoms. The fourth-order valence-electron chi connectivity index (χ4n) is 8.19. The summed E-state index contributed by atoms with van der Waals surface area (Å²) in [6.07, 6.45) is 13.0. The molecule has 0 aromatic carbocycles. The molecular formula is C25H38N2O2. The van der Waals surface area contributed by atoms with Crippen molar-refractivity contribution >= 4 is 6.08 Å². The topological polar surface area (TPSA) is 58.3 Å². The monoisotopic (exact) mass is 398 g/mol. The quantitative estimate of drug-likeness (QED) is 0.733. The van der Waals surface area contributed by atoms with Crippen LogP contribution in [0.2, 0.25) is 0 Å². The van der Waals surface area contributed by atoms with Crippen LogP contribution in [0.3, 0.4) is 0 Å². The number of hydrogen-bond acceptors (Lipinski definition) is 3. The maximum absolute atomic E-state index is 11.4. The Labute approximate surface area is 175 Å². The van der Waals surface area contributed by atoms with E-state index in [2.05, 4.69) is 38.1 Å². The third kappa shape index (κ3) is 2.89. The average Bonchev–Trinajstić information content (AvgIpc) is 3.12. The van der Waals surface area contributed by atoms with Crippen LogP contribution in [0.15, 0.2) is 11.8 Å². The summed E-state index contributed by atoms with van der Waals surface area (Å²) in [5, 5.41) is 26.1. The predicted molar refractivity (Wildman–Crippen MR) is 115 cm³/mol. The molecule has 4 aliphatic rings. The maximum atomic E-state index is 11.4. The Morgan fingerprint density at radius 2 is 1.83 bits per heavy atom. The predicted octanol–water partition coefficient (Wildman–Crippen LogP) is 4.49. The van der Waals surface area contributed by atoms with E-state index in [1.54, 1.807) is 0 Å². The van der Waals surface area contributed by atoms with E-state index >= 15 is 0 Å². The van der Waals surface area contributed by atoms with E-state index in [0.717, 1.165) is 48.8 Å². The first kappa shape index (κ1) is 19.8. The van der Waals surface area contributed by atoms with Crippen molar-refractivity contribution in [1.29, 1.82) is 0 Å². The van der Waals surface area contributed by atoms with Gasteiger partial charge in [-0.15, -0.1) is 0 Å². The third-order valence-electron chi connectivity index (χ3n) is 9.90. The Morgan fingerprint density at radius 3 is 2.55 bits per heavy atom. The van der Waals surface area contributed by atoms with E-state index in [1.165, 1.54) is 31.3 Å². The molecule has 5 rings (SSSR count). The fraction of sp³-hybridized carbons (Fsp3) is 0.800. The van der Waals surface area contributed by atoms with E-state index in [4.69, 9.17) is 0 Å². The molecule has 1 heterocycles. The lowest BCUT2D eigenvalue weighted by molar-refractivity contribution is -0.133. The molecule has 0 radical (unpaired) electrons. The molecule has 160 valence electrons. The van der Waals surface area contributed by atoms with Crippen LogP contribution in [0.4, 0.5) is 0 Å². The molecule has 0 aliphatic heterocycles. The van der Waals surface area contributed by atoms with Crippen LogP contribution < -0.4 is 0 Å². The summed E-state index contributed by atoms with van der Waals surface area (Å²) in [4.78, 5) is 0. The van der Waals surface area contributed by atoms with Crippen LogP contribution >= 0.6 is 0 Å². The van der Waals surface area contributed by atoms with Crippen LogP contribution in [0.1, 0.15) is 76.5 Å². The van der Waals surface area contributed by atoms with Gasteiger partial charge in [-0.2, -0.15) is 5.10 Å². The van der Waals surface area contributed by atoms with Gasteiger partial charge in [-0.25, -0.2) is 0 Å². The van der Waals surface area contributed by atoms with E-state index in [-0.39, 0.29) is 17.6 Å². The van der Waals surface area contributed by atoms with Gasteiger partial charge in [0.05, 0.1) is 17.9 Å². The lowest BCUT2D eigenvalue weighted by Gasteiger charge is -2.60. The zero-order valence-corrected chi connectivity index (χ0v) is 18.6. The number of aliphatic hydroxyl groups is 2. The van der Waals surface area contributed by atoms with Gasteiger partial charge in [0.1, 0.15) is 0 Å². The molecule has 1 aromatic heterocycles. The molecule has 0 unspecified atom stereocenters. The van der Waals surface area contributed by atoms with E-state index in [1.807, 2.05) is 11.7 Å². The molecule has 0 saturated heterocycles. The molecule has 29 heavy (non-hydrogen) atoms. The zero-order valence-electron chi connectivity index (χ0n) is 18.6. The van der Waals surface area contributed by atoms with Crippen LogP contribution in [0.25, 0.3) is 6.08 Å². The average molecular weight is 399 g/mol. The molecule has 4 nitrogen and oxygen atoms in total. The van der Waals surface area contributed by atoms with Gasteiger partial charge in [0.15, 0.2) is 0 Å². The molecule has 4 fully saturated rings. The Balaban J connectivity index is 1.45. The van der Waals surface area contributed by atoms with Crippen molar-refractivity contribution in [3.05, 3.63) is 23.0 Å². The van der Waals surface area contributed by atoms with Crippen LogP contribution in [0.5, 0.6) is 0 Å². The van der Waals surface area contributed by atoms with Crippen molar-refractivity contribution < 1.29 is 10.2 Å². The van der Waals surface area contributed by atoms with E-state index in [0.29, 0.717) is 17.3 Å². The van der Waals surface area contributed by atoms with Gasteiger partial charge in [-0.1, -0.05) is 13.8 Å². The Kier molecular flexibility index (Phi) is 4.57. The number of rotatable bonds is 1. The van der Waals surface area contributed by atoms with Crippen LogP contribution in [0, 0.1) is 41.4 Å². The summed E-state index contributed by atoms with van der Waals surface area (Å²) >= 11 is 0. The van der Waals surface area contributed by atoms with Crippen molar-refractivity contribution in [3.8, 4) is 0 Å². The van der Waals surface area contributed by atoms with Gasteiger partial charge >= 0.3 is 0 Å². The van der Waals surface area contributed by atoms with Crippen molar-refractivity contribution in [3.63, 3.8) is 0 Å². The SMILES string of the molecule is Cc1nn(C)cc1/C=C1\C[C@@H]2[C@H]3CC[C@H]4C[C@@H](O)CC[C@]4(C)[C@@H]3CC[C@]2(C)[C@H]1O. The van der Waals surface area contributed by atoms with Crippen molar-refractivity contribution in [2.24, 2.45) is 41.5 Å². The standard InChI is InChI=1S/C25H38N2O2/c1-15-17(14-27(4)26-15)11-16-12-22-20-6-5-18-13-19(28)7-9-24(18,2)21(20)8-10-25(22,3)23(16)29/h11,14,18-23,28-29H,5-10,12-13H2,1-4H3/b16-11+/t18-,19-,20-,21+,22+,23-,24-,25-/m0/s1. The molecular weight excluding hydrogens is 360 g/mol. The molecule has 0 spiro atoms. The highest BCUT2D eigenvalue weighted by atomic mass is 16.3. The van der Waals surface area contributed by atoms with Crippen molar-refractivity contribution in [2.45, 2.75) is 84.3 Å². The number of aliphatic hydroxyl groups excluding tert-OH is 2. The Bertz CT molecular complexity index is 829. The highest BCUT2D eigenvalue weighted by Crippen LogP contribution is 2.67. The van der Waals surface area contributed by atoms with Gasteiger partial charge in [0, 0.05) is 24.2 Å². The first-order chi connectivity index (χ1) is 13.7. The minimum Gasteiger partial charge on any atom is -0.393 e. The third-order valence-corrected chi connectivity index (χ3v) is 9.90. The van der Waals surface area contributed by atoms with Crippen LogP contribution in [-0.2, 0) is 7.05 Å². The largest absolute Gasteiger partial charge is 0.393 e. The summed E-state index contributed by atoms with van der Waals surface area (Å²) in [5.41, 5.74) is 3.82. The number of nitrogens with zero attached hydrogens (tertiary/aromatic N) is 2. The van der Waals surface area contributed by atoms with E-state index in [9.17, 15) is 10.2 Å². The Morgan fingerprint density at radius 1 is 1.07 bits per heavy atom. The lowest BCUT2D eigenvalue weighted by Crippen LogP contribution is -2.54. The Hall–Kier alpha value is -1.13. The summed E-state index contributed by atoms with van der Waals surface area (Å²) in [6, 6.07) is 0. The molecule has 1 aromatic rings. The van der Waals surface area contributed by atoms with Crippen molar-refractivity contribution in [1.82, 2.24) is 9.78 Å². The molecule has 2 N–H and O–H groups in total. The molecule has 4 aliphatic carbocycles. The second-order valence-electron chi connectivity index (χ2n) is 11.3. The minimum absolute atomic E-state index is 0.0144. The molecule has 8 atom stereocenters. The molecule has 0 amide bonds. The molecule has 4 saturated carbocycles. The fourth-order valence-corrected chi connectivity index (χ4v) is 8.19. The number of aryl methyl sites for hydroxylation is 2. The van der Waals surface area contributed by atoms with Crippen molar-refractivity contribution in [2.75, 3.05) is 0 Å². The zero-order chi connectivity index (χ0) is 20.6. The second kappa shape index (κ2) is 6.68.